The third kappa shape index (κ3) is 3.56. The van der Waals surface area contributed by atoms with Crippen molar-refractivity contribution in [3.05, 3.63) is 35.5 Å². The van der Waals surface area contributed by atoms with Crippen LogP contribution in [0, 0.1) is 40.4 Å². The molecule has 0 unspecified atom stereocenters. The van der Waals surface area contributed by atoms with Crippen LogP contribution in [0.4, 0.5) is 0 Å². The zero-order valence-electron chi connectivity index (χ0n) is 20.1. The molecule has 0 aliphatic heterocycles. The van der Waals surface area contributed by atoms with Gasteiger partial charge in [-0.15, -0.1) is 0 Å². The highest BCUT2D eigenvalue weighted by Crippen LogP contribution is 2.65. The fourth-order valence-electron chi connectivity index (χ4n) is 7.60. The fraction of sp³-hybridized carbons (Fsp3) is 0.786. The second-order valence-electron chi connectivity index (χ2n) is 12.2. The van der Waals surface area contributed by atoms with Crippen molar-refractivity contribution in [2.24, 2.45) is 40.4 Å². The summed E-state index contributed by atoms with van der Waals surface area (Å²) in [4.78, 5) is 0. The zero-order valence-corrected chi connectivity index (χ0v) is 20.1. The zero-order chi connectivity index (χ0) is 21.9. The van der Waals surface area contributed by atoms with E-state index in [0.29, 0.717) is 23.2 Å². The lowest BCUT2D eigenvalue weighted by Crippen LogP contribution is -2.46. The molecule has 4 aliphatic carbocycles. The molecule has 4 aliphatic rings. The average molecular weight is 413 g/mol. The van der Waals surface area contributed by atoms with E-state index in [9.17, 15) is 10.2 Å². The molecule has 168 valence electrons. The predicted molar refractivity (Wildman–Crippen MR) is 125 cm³/mol. The molecule has 8 atom stereocenters. The molecule has 2 heteroatoms. The largest absolute Gasteiger partial charge is 0.393 e. The Morgan fingerprint density at radius 1 is 1.00 bits per heavy atom. The van der Waals surface area contributed by atoms with Crippen LogP contribution >= 0.6 is 0 Å². The van der Waals surface area contributed by atoms with Crippen LogP contribution in [0.5, 0.6) is 0 Å². The Bertz CT molecular complexity index is 753. The third-order valence-corrected chi connectivity index (χ3v) is 10.1. The molecular formula is C28H44O2. The van der Waals surface area contributed by atoms with Crippen LogP contribution in [0.25, 0.3) is 0 Å². The van der Waals surface area contributed by atoms with Gasteiger partial charge < -0.3 is 10.2 Å². The second-order valence-corrected chi connectivity index (χ2v) is 12.2. The number of allylic oxidation sites excluding steroid dienone is 4. The van der Waals surface area contributed by atoms with Gasteiger partial charge in [0.15, 0.2) is 0 Å². The first-order valence-corrected chi connectivity index (χ1v) is 12.5. The minimum absolute atomic E-state index is 0.136. The van der Waals surface area contributed by atoms with E-state index in [2.05, 4.69) is 52.0 Å². The molecule has 0 spiro atoms. The Morgan fingerprint density at radius 3 is 2.43 bits per heavy atom. The lowest BCUT2D eigenvalue weighted by Gasteiger charge is -2.55. The number of fused-ring (bicyclic) bond motifs is 5. The highest BCUT2D eigenvalue weighted by molar-refractivity contribution is 5.39. The lowest BCUT2D eigenvalue weighted by atomic mass is 9.50. The van der Waals surface area contributed by atoms with Crippen LogP contribution in [0.2, 0.25) is 0 Å². The van der Waals surface area contributed by atoms with Crippen LogP contribution in [-0.4, -0.2) is 21.9 Å². The molecule has 3 fully saturated rings. The van der Waals surface area contributed by atoms with E-state index < -0.39 is 5.60 Å². The van der Waals surface area contributed by atoms with Crippen molar-refractivity contribution < 1.29 is 10.2 Å². The van der Waals surface area contributed by atoms with E-state index in [1.54, 1.807) is 5.57 Å². The maximum absolute atomic E-state index is 10.3. The lowest BCUT2D eigenvalue weighted by molar-refractivity contribution is 0.0370. The summed E-state index contributed by atoms with van der Waals surface area (Å²) in [7, 11) is 0. The summed E-state index contributed by atoms with van der Waals surface area (Å²) in [6, 6.07) is 0. The minimum atomic E-state index is -0.656. The van der Waals surface area contributed by atoms with Gasteiger partial charge in [-0.3, -0.25) is 0 Å². The molecule has 0 bridgehead atoms. The van der Waals surface area contributed by atoms with E-state index in [4.69, 9.17) is 0 Å². The number of rotatable bonds is 4. The highest BCUT2D eigenvalue weighted by atomic mass is 16.3. The molecule has 30 heavy (non-hydrogen) atoms. The van der Waals surface area contributed by atoms with Gasteiger partial charge >= 0.3 is 0 Å². The van der Waals surface area contributed by atoms with E-state index in [1.165, 1.54) is 31.3 Å². The van der Waals surface area contributed by atoms with Gasteiger partial charge in [-0.05, 0) is 93.3 Å². The van der Waals surface area contributed by atoms with Crippen LogP contribution in [0.3, 0.4) is 0 Å². The molecule has 0 saturated heterocycles. The number of hydrogen-bond donors (Lipinski definition) is 2. The first-order chi connectivity index (χ1) is 14.0. The predicted octanol–water partition coefficient (Wildman–Crippen LogP) is 6.45. The fourth-order valence-corrected chi connectivity index (χ4v) is 7.60. The Hall–Kier alpha value is -0.860. The van der Waals surface area contributed by atoms with Crippen molar-refractivity contribution in [3.63, 3.8) is 0 Å². The molecule has 2 N–H and O–H groups in total. The normalized spacial score (nSPS) is 43.3. The van der Waals surface area contributed by atoms with Crippen LogP contribution in [-0.2, 0) is 0 Å². The van der Waals surface area contributed by atoms with Crippen LogP contribution in [0.15, 0.2) is 35.5 Å². The Morgan fingerprint density at radius 2 is 1.73 bits per heavy atom. The average Bonchev–Trinajstić information content (AvgIpc) is 3.03. The Labute approximate surface area is 184 Å². The van der Waals surface area contributed by atoms with Gasteiger partial charge in [-0.25, -0.2) is 0 Å². The first kappa shape index (κ1) is 22.3. The maximum Gasteiger partial charge on any atom is 0.0651 e. The van der Waals surface area contributed by atoms with Crippen molar-refractivity contribution in [3.8, 4) is 0 Å². The van der Waals surface area contributed by atoms with Crippen LogP contribution < -0.4 is 0 Å². The second kappa shape index (κ2) is 7.62. The van der Waals surface area contributed by atoms with E-state index in [-0.39, 0.29) is 17.4 Å². The summed E-state index contributed by atoms with van der Waals surface area (Å²) in [5.74, 6) is 2.85. The van der Waals surface area contributed by atoms with Crippen molar-refractivity contribution in [1.82, 2.24) is 0 Å². The van der Waals surface area contributed by atoms with Gasteiger partial charge in [-0.1, -0.05) is 63.1 Å². The number of aliphatic hydroxyl groups excluding tert-OH is 1. The highest BCUT2D eigenvalue weighted by Gasteiger charge is 2.56. The van der Waals surface area contributed by atoms with Crippen molar-refractivity contribution >= 4 is 0 Å². The topological polar surface area (TPSA) is 40.5 Å². The van der Waals surface area contributed by atoms with E-state index in [0.717, 1.165) is 25.2 Å². The molecule has 0 aromatic heterocycles. The van der Waals surface area contributed by atoms with E-state index in [1.807, 2.05) is 13.8 Å². The van der Waals surface area contributed by atoms with Gasteiger partial charge in [0, 0.05) is 5.92 Å². The van der Waals surface area contributed by atoms with Crippen molar-refractivity contribution in [2.75, 3.05) is 0 Å². The summed E-state index contributed by atoms with van der Waals surface area (Å²) in [5, 5.41) is 20.5. The summed E-state index contributed by atoms with van der Waals surface area (Å²) in [5.41, 5.74) is 3.24. The van der Waals surface area contributed by atoms with Gasteiger partial charge in [0.05, 0.1) is 11.7 Å². The van der Waals surface area contributed by atoms with E-state index >= 15 is 0 Å². The maximum atomic E-state index is 10.3. The monoisotopic (exact) mass is 412 g/mol. The minimum Gasteiger partial charge on any atom is -0.393 e. The van der Waals surface area contributed by atoms with Gasteiger partial charge in [0.1, 0.15) is 0 Å². The van der Waals surface area contributed by atoms with Crippen molar-refractivity contribution in [2.45, 2.75) is 98.2 Å². The summed E-state index contributed by atoms with van der Waals surface area (Å²) >= 11 is 0. The molecule has 0 radical (unpaired) electrons. The summed E-state index contributed by atoms with van der Waals surface area (Å²) in [6.45, 7) is 13.4. The van der Waals surface area contributed by atoms with Crippen molar-refractivity contribution in [1.29, 1.82) is 0 Å². The number of aliphatic hydroxyl groups is 2. The SMILES string of the molecule is C[C@H](/C=C/[C@H](C)C(C)(C)O)[C@H]1CC[C@H]2C3=CC=C4C[C@@H](O)CC[C@@]4(C)[C@@H]3CC[C@]12C. The molecular weight excluding hydrogens is 368 g/mol. The molecule has 0 amide bonds. The third-order valence-electron chi connectivity index (χ3n) is 10.1. The number of hydrogen-bond acceptors (Lipinski definition) is 2. The first-order valence-electron chi connectivity index (χ1n) is 12.5. The van der Waals surface area contributed by atoms with Crippen LogP contribution in [0.1, 0.15) is 86.5 Å². The molecule has 0 heterocycles. The Balaban J connectivity index is 1.56. The van der Waals surface area contributed by atoms with Gasteiger partial charge in [0.2, 0.25) is 0 Å². The summed E-state index contributed by atoms with van der Waals surface area (Å²) < 4.78 is 0. The molecule has 0 aromatic carbocycles. The molecule has 4 rings (SSSR count). The standard InChI is InChI=1S/C28H44O2/c1-18(7-8-19(2)26(3,4)30)23-11-12-24-22-10-9-20-17-21(29)13-15-27(20,5)25(22)14-16-28(23,24)6/h7-10,18-19,21,23-25,29-30H,11-17H2,1-6H3/b8-7+/t18-,19+,21+,23-,24+,25-,27-,28-/m1/s1. The molecule has 3 saturated carbocycles. The molecule has 0 aromatic rings. The Kier molecular flexibility index (Phi) is 5.68. The molecule has 2 nitrogen and oxygen atoms in total. The summed E-state index contributed by atoms with van der Waals surface area (Å²) in [6.07, 6.45) is 17.6. The smallest absolute Gasteiger partial charge is 0.0651 e. The van der Waals surface area contributed by atoms with Gasteiger partial charge in [-0.2, -0.15) is 0 Å². The van der Waals surface area contributed by atoms with Gasteiger partial charge in [0.25, 0.3) is 0 Å². The quantitative estimate of drug-likeness (QED) is 0.521.